The third-order valence-electron chi connectivity index (χ3n) is 5.65. The molecule has 1 fully saturated rings. The molecule has 0 bridgehead atoms. The van der Waals surface area contributed by atoms with Gasteiger partial charge in [-0.2, -0.15) is 0 Å². The van der Waals surface area contributed by atoms with Crippen molar-refractivity contribution in [3.63, 3.8) is 0 Å². The zero-order chi connectivity index (χ0) is 16.0. The van der Waals surface area contributed by atoms with Gasteiger partial charge in [0.25, 0.3) is 0 Å². The Morgan fingerprint density at radius 3 is 2.05 bits per heavy atom. The first-order chi connectivity index (χ1) is 10.4. The molecule has 2 nitrogen and oxygen atoms in total. The van der Waals surface area contributed by atoms with Crippen LogP contribution in [0.5, 0.6) is 5.75 Å². The van der Waals surface area contributed by atoms with Gasteiger partial charge in [-0.25, -0.2) is 0 Å². The number of ether oxygens (including phenoxy) is 1. The van der Waals surface area contributed by atoms with E-state index in [1.54, 1.807) is 7.11 Å². The molecule has 0 aromatic heterocycles. The molecule has 2 heteroatoms. The summed E-state index contributed by atoms with van der Waals surface area (Å²) in [6, 6.07) is 17.7. The van der Waals surface area contributed by atoms with Crippen molar-refractivity contribution < 1.29 is 9.84 Å². The molecule has 0 heterocycles. The smallest absolute Gasteiger partial charge is 0.125 e. The molecule has 0 amide bonds. The van der Waals surface area contributed by atoms with Crippen molar-refractivity contribution in [1.82, 2.24) is 0 Å². The summed E-state index contributed by atoms with van der Waals surface area (Å²) >= 11 is 0. The van der Waals surface area contributed by atoms with Crippen molar-refractivity contribution in [2.75, 3.05) is 7.11 Å². The molecule has 0 saturated heterocycles. The Hall–Kier alpha value is -1.80. The van der Waals surface area contributed by atoms with Crippen LogP contribution in [0.2, 0.25) is 0 Å². The molecular weight excluding hydrogens is 272 g/mol. The van der Waals surface area contributed by atoms with Crippen molar-refractivity contribution in [2.45, 2.75) is 32.8 Å². The number of para-hydroxylation sites is 1. The quantitative estimate of drug-likeness (QED) is 0.908. The predicted molar refractivity (Wildman–Crippen MR) is 88.9 cm³/mol. The molecule has 3 rings (SSSR count). The Morgan fingerprint density at radius 2 is 1.50 bits per heavy atom. The SMILES string of the molecule is COc1ccccc1[C@@](O)(c1ccccc1)C1(C)CC1(C)C. The van der Waals surface area contributed by atoms with Gasteiger partial charge in [0.1, 0.15) is 11.4 Å². The van der Waals surface area contributed by atoms with E-state index in [0.717, 1.165) is 23.3 Å². The summed E-state index contributed by atoms with van der Waals surface area (Å²) in [6.45, 7) is 6.61. The van der Waals surface area contributed by atoms with Gasteiger partial charge in [-0.15, -0.1) is 0 Å². The molecule has 2 aromatic rings. The highest BCUT2D eigenvalue weighted by atomic mass is 16.5. The van der Waals surface area contributed by atoms with Gasteiger partial charge in [0.2, 0.25) is 0 Å². The Kier molecular flexibility index (Phi) is 3.33. The van der Waals surface area contributed by atoms with Crippen LogP contribution < -0.4 is 4.74 Å². The van der Waals surface area contributed by atoms with Gasteiger partial charge >= 0.3 is 0 Å². The topological polar surface area (TPSA) is 29.5 Å². The van der Waals surface area contributed by atoms with Crippen LogP contribution in [0, 0.1) is 10.8 Å². The maximum atomic E-state index is 11.9. The van der Waals surface area contributed by atoms with Crippen LogP contribution in [0.25, 0.3) is 0 Å². The van der Waals surface area contributed by atoms with Gasteiger partial charge in [0.05, 0.1) is 7.11 Å². The minimum Gasteiger partial charge on any atom is -0.496 e. The van der Waals surface area contributed by atoms with Crippen LogP contribution >= 0.6 is 0 Å². The molecule has 116 valence electrons. The van der Waals surface area contributed by atoms with Crippen LogP contribution in [0.1, 0.15) is 38.3 Å². The highest BCUT2D eigenvalue weighted by molar-refractivity contribution is 5.49. The highest BCUT2D eigenvalue weighted by Crippen LogP contribution is 2.73. The highest BCUT2D eigenvalue weighted by Gasteiger charge is 2.69. The number of rotatable bonds is 4. The summed E-state index contributed by atoms with van der Waals surface area (Å²) < 4.78 is 5.54. The van der Waals surface area contributed by atoms with Gasteiger partial charge in [-0.3, -0.25) is 0 Å². The van der Waals surface area contributed by atoms with E-state index in [9.17, 15) is 5.11 Å². The Morgan fingerprint density at radius 1 is 0.955 bits per heavy atom. The molecule has 1 N–H and O–H groups in total. The largest absolute Gasteiger partial charge is 0.496 e. The lowest BCUT2D eigenvalue weighted by molar-refractivity contribution is -0.00980. The molecule has 0 aliphatic heterocycles. The number of benzene rings is 2. The van der Waals surface area contributed by atoms with E-state index in [-0.39, 0.29) is 10.8 Å². The fraction of sp³-hybridized carbons (Fsp3) is 0.400. The summed E-state index contributed by atoms with van der Waals surface area (Å²) in [4.78, 5) is 0. The second-order valence-corrected chi connectivity index (χ2v) is 7.17. The zero-order valence-corrected chi connectivity index (χ0v) is 13.8. The summed E-state index contributed by atoms with van der Waals surface area (Å²) in [7, 11) is 1.66. The average molecular weight is 296 g/mol. The molecule has 0 spiro atoms. The lowest BCUT2D eigenvalue weighted by atomic mass is 9.71. The average Bonchev–Trinajstić information content (AvgIpc) is 3.07. The van der Waals surface area contributed by atoms with E-state index in [1.165, 1.54) is 0 Å². The first-order valence-electron chi connectivity index (χ1n) is 7.78. The van der Waals surface area contributed by atoms with Gasteiger partial charge in [-0.1, -0.05) is 69.3 Å². The number of methoxy groups -OCH3 is 1. The van der Waals surface area contributed by atoms with Gasteiger partial charge in [-0.05, 0) is 23.5 Å². The van der Waals surface area contributed by atoms with Gasteiger partial charge in [0, 0.05) is 11.0 Å². The summed E-state index contributed by atoms with van der Waals surface area (Å²) in [5.74, 6) is 0.734. The van der Waals surface area contributed by atoms with Crippen LogP contribution in [0.15, 0.2) is 54.6 Å². The summed E-state index contributed by atoms with van der Waals surface area (Å²) in [5.41, 5.74) is 0.558. The second kappa shape index (κ2) is 4.85. The van der Waals surface area contributed by atoms with Crippen molar-refractivity contribution in [3.05, 3.63) is 65.7 Å². The number of aliphatic hydroxyl groups is 1. The molecule has 1 aliphatic carbocycles. The Bertz CT molecular complexity index is 677. The van der Waals surface area contributed by atoms with E-state index in [1.807, 2.05) is 54.6 Å². The van der Waals surface area contributed by atoms with E-state index < -0.39 is 5.60 Å². The Labute approximate surface area is 132 Å². The zero-order valence-electron chi connectivity index (χ0n) is 13.8. The van der Waals surface area contributed by atoms with Crippen LogP contribution in [-0.2, 0) is 5.60 Å². The lowest BCUT2D eigenvalue weighted by Gasteiger charge is -2.39. The Balaban J connectivity index is 2.26. The molecule has 22 heavy (non-hydrogen) atoms. The lowest BCUT2D eigenvalue weighted by Crippen LogP contribution is -2.39. The van der Waals surface area contributed by atoms with Crippen LogP contribution in [-0.4, -0.2) is 12.2 Å². The van der Waals surface area contributed by atoms with E-state index in [4.69, 9.17) is 4.74 Å². The first-order valence-corrected chi connectivity index (χ1v) is 7.78. The summed E-state index contributed by atoms with van der Waals surface area (Å²) in [6.07, 6.45) is 0.976. The molecular formula is C20H24O2. The maximum Gasteiger partial charge on any atom is 0.125 e. The van der Waals surface area contributed by atoms with E-state index in [2.05, 4.69) is 20.8 Å². The molecule has 1 saturated carbocycles. The third-order valence-corrected chi connectivity index (χ3v) is 5.65. The van der Waals surface area contributed by atoms with Crippen LogP contribution in [0.4, 0.5) is 0 Å². The standard InChI is InChI=1S/C20H24O2/c1-18(2)14-19(18,3)20(21,15-10-6-5-7-11-15)16-12-8-9-13-17(16)22-4/h5-13,21H,14H2,1-4H3/t19?,20-/m0/s1. The minimum atomic E-state index is -1.07. The predicted octanol–water partition coefficient (Wildman–Crippen LogP) is 4.37. The molecule has 0 radical (unpaired) electrons. The monoisotopic (exact) mass is 296 g/mol. The molecule has 2 aromatic carbocycles. The fourth-order valence-corrected chi connectivity index (χ4v) is 3.85. The van der Waals surface area contributed by atoms with Gasteiger partial charge in [0.15, 0.2) is 0 Å². The fourth-order valence-electron chi connectivity index (χ4n) is 3.85. The second-order valence-electron chi connectivity index (χ2n) is 7.17. The first kappa shape index (κ1) is 15.1. The molecule has 1 unspecified atom stereocenters. The van der Waals surface area contributed by atoms with Crippen LogP contribution in [0.3, 0.4) is 0 Å². The summed E-state index contributed by atoms with van der Waals surface area (Å²) in [5, 5.41) is 11.9. The maximum absolute atomic E-state index is 11.9. The molecule has 2 atom stereocenters. The number of hydrogen-bond acceptors (Lipinski definition) is 2. The van der Waals surface area contributed by atoms with E-state index >= 15 is 0 Å². The normalized spacial score (nSPS) is 25.3. The van der Waals surface area contributed by atoms with Crippen molar-refractivity contribution in [3.8, 4) is 5.75 Å². The molecule has 1 aliphatic rings. The van der Waals surface area contributed by atoms with Crippen molar-refractivity contribution >= 4 is 0 Å². The number of hydrogen-bond donors (Lipinski definition) is 1. The van der Waals surface area contributed by atoms with Crippen molar-refractivity contribution in [2.24, 2.45) is 10.8 Å². The van der Waals surface area contributed by atoms with Gasteiger partial charge < -0.3 is 9.84 Å². The minimum absolute atomic E-state index is 0.0818. The van der Waals surface area contributed by atoms with Crippen molar-refractivity contribution in [1.29, 1.82) is 0 Å². The third kappa shape index (κ3) is 1.90. The van der Waals surface area contributed by atoms with E-state index in [0.29, 0.717) is 0 Å².